The predicted molar refractivity (Wildman–Crippen MR) is 42.4 cm³/mol. The normalized spacial score (nSPS) is 10.8. The average molecular weight is 137 g/mol. The molecule has 2 heteroatoms. The van der Waals surface area contributed by atoms with E-state index in [2.05, 4.69) is 27.7 Å². The molecule has 0 rings (SSSR count). The Labute approximate surface area is 77.6 Å². The molecule has 0 aromatic heterocycles. The summed E-state index contributed by atoms with van der Waals surface area (Å²) in [5.41, 5.74) is 0. The zero-order valence-corrected chi connectivity index (χ0v) is 8.28. The van der Waals surface area contributed by atoms with Crippen LogP contribution in [-0.2, 0) is 0 Å². The minimum atomic E-state index is 0. The third-order valence-corrected chi connectivity index (χ3v) is 2.68. The zero-order chi connectivity index (χ0) is 7.33. The first-order chi connectivity index (χ1) is 4.24. The van der Waals surface area contributed by atoms with Gasteiger partial charge in [0.2, 0.25) is 0 Å². The molecule has 56 valence electrons. The Morgan fingerprint density at radius 3 is 0.900 bits per heavy atom. The minimum Gasteiger partial charge on any atom is -0.325 e. The van der Waals surface area contributed by atoms with Gasteiger partial charge in [-0.3, -0.25) is 0 Å². The van der Waals surface area contributed by atoms with Gasteiger partial charge in [0.05, 0.1) is 26.2 Å². The van der Waals surface area contributed by atoms with Crippen molar-refractivity contribution in [3.05, 3.63) is 0 Å². The fraction of sp³-hybridized carbons (Fsp3) is 1.00. The van der Waals surface area contributed by atoms with Crippen LogP contribution in [0.15, 0.2) is 0 Å². The van der Waals surface area contributed by atoms with Gasteiger partial charge in [-0.2, -0.15) is 0 Å². The molecular formula is C8H20LiN+2. The third-order valence-electron chi connectivity index (χ3n) is 2.68. The van der Waals surface area contributed by atoms with Gasteiger partial charge in [0, 0.05) is 0 Å². The average Bonchev–Trinajstić information content (AvgIpc) is 1.95. The van der Waals surface area contributed by atoms with Crippen LogP contribution in [0.25, 0.3) is 0 Å². The summed E-state index contributed by atoms with van der Waals surface area (Å²) in [6.45, 7) is 14.2. The van der Waals surface area contributed by atoms with Crippen molar-refractivity contribution in [3.63, 3.8) is 0 Å². The van der Waals surface area contributed by atoms with Gasteiger partial charge in [-0.1, -0.05) is 0 Å². The molecule has 0 aromatic rings. The van der Waals surface area contributed by atoms with E-state index in [0.717, 1.165) is 0 Å². The number of nitrogens with zero attached hydrogens (tertiary/aromatic N) is 1. The van der Waals surface area contributed by atoms with Crippen molar-refractivity contribution in [2.75, 3.05) is 26.2 Å². The predicted octanol–water partition coefficient (Wildman–Crippen LogP) is -1.11. The summed E-state index contributed by atoms with van der Waals surface area (Å²) < 4.78 is 1.28. The Balaban J connectivity index is 0. The molecule has 0 aliphatic carbocycles. The van der Waals surface area contributed by atoms with Gasteiger partial charge >= 0.3 is 18.9 Å². The van der Waals surface area contributed by atoms with Crippen molar-refractivity contribution >= 4 is 0 Å². The quantitative estimate of drug-likeness (QED) is 0.340. The van der Waals surface area contributed by atoms with Gasteiger partial charge in [-0.15, -0.1) is 0 Å². The molecule has 10 heavy (non-hydrogen) atoms. The zero-order valence-electron chi connectivity index (χ0n) is 8.28. The molecule has 0 saturated heterocycles. The minimum absolute atomic E-state index is 0. The van der Waals surface area contributed by atoms with Crippen molar-refractivity contribution in [1.29, 1.82) is 0 Å². The molecule has 0 fully saturated rings. The van der Waals surface area contributed by atoms with Crippen LogP contribution in [0.2, 0.25) is 0 Å². The number of quaternary nitrogens is 1. The smallest absolute Gasteiger partial charge is 0.325 e. The van der Waals surface area contributed by atoms with Gasteiger partial charge in [-0.05, 0) is 27.7 Å². The van der Waals surface area contributed by atoms with Crippen LogP contribution in [0, 0.1) is 0 Å². The molecule has 0 bridgehead atoms. The third kappa shape index (κ3) is 3.10. The molecule has 0 aromatic carbocycles. The maximum atomic E-state index is 2.27. The molecule has 0 radical (unpaired) electrons. The second-order valence-corrected chi connectivity index (χ2v) is 2.61. The molecule has 0 atom stereocenters. The molecule has 0 heterocycles. The fourth-order valence-corrected chi connectivity index (χ4v) is 1.34. The Kier molecular flexibility index (Phi) is 8.27. The number of hydrogen-bond donors (Lipinski definition) is 0. The maximum Gasteiger partial charge on any atom is 1.00 e. The Morgan fingerprint density at radius 1 is 0.700 bits per heavy atom. The summed E-state index contributed by atoms with van der Waals surface area (Å²) in [5, 5.41) is 0. The van der Waals surface area contributed by atoms with E-state index in [1.54, 1.807) is 0 Å². The van der Waals surface area contributed by atoms with E-state index in [1.807, 2.05) is 0 Å². The topological polar surface area (TPSA) is 0 Å². The first-order valence-corrected chi connectivity index (χ1v) is 4.09. The first-order valence-electron chi connectivity index (χ1n) is 4.09. The molecule has 0 saturated carbocycles. The van der Waals surface area contributed by atoms with Crippen molar-refractivity contribution in [2.45, 2.75) is 27.7 Å². The van der Waals surface area contributed by atoms with E-state index in [0.29, 0.717) is 0 Å². The number of hydrogen-bond acceptors (Lipinski definition) is 0. The summed E-state index contributed by atoms with van der Waals surface area (Å²) in [4.78, 5) is 0. The Morgan fingerprint density at radius 2 is 0.900 bits per heavy atom. The van der Waals surface area contributed by atoms with E-state index in [-0.39, 0.29) is 18.9 Å². The van der Waals surface area contributed by atoms with Crippen LogP contribution in [0.5, 0.6) is 0 Å². The number of rotatable bonds is 4. The van der Waals surface area contributed by atoms with E-state index < -0.39 is 0 Å². The largest absolute Gasteiger partial charge is 1.00 e. The van der Waals surface area contributed by atoms with Gasteiger partial charge in [-0.25, -0.2) is 0 Å². The van der Waals surface area contributed by atoms with Gasteiger partial charge in [0.15, 0.2) is 0 Å². The van der Waals surface area contributed by atoms with Crippen molar-refractivity contribution in [2.24, 2.45) is 0 Å². The first kappa shape index (κ1) is 13.2. The molecule has 0 aliphatic rings. The van der Waals surface area contributed by atoms with Gasteiger partial charge in [0.1, 0.15) is 0 Å². The molecule has 0 aliphatic heterocycles. The molecule has 0 spiro atoms. The van der Waals surface area contributed by atoms with Crippen LogP contribution < -0.4 is 18.9 Å². The fourth-order valence-electron chi connectivity index (χ4n) is 1.34. The Hall–Kier alpha value is 0.557. The van der Waals surface area contributed by atoms with E-state index >= 15 is 0 Å². The monoisotopic (exact) mass is 137 g/mol. The van der Waals surface area contributed by atoms with Crippen LogP contribution in [0.1, 0.15) is 27.7 Å². The summed E-state index contributed by atoms with van der Waals surface area (Å²) >= 11 is 0. The summed E-state index contributed by atoms with van der Waals surface area (Å²) in [5.74, 6) is 0. The maximum absolute atomic E-state index is 2.27. The molecule has 0 amide bonds. The molecule has 0 unspecified atom stereocenters. The van der Waals surface area contributed by atoms with E-state index in [4.69, 9.17) is 0 Å². The molecule has 0 N–H and O–H groups in total. The summed E-state index contributed by atoms with van der Waals surface area (Å²) in [7, 11) is 0. The second-order valence-electron chi connectivity index (χ2n) is 2.61. The Bertz CT molecular complexity index is 52.1. The van der Waals surface area contributed by atoms with E-state index in [9.17, 15) is 0 Å². The van der Waals surface area contributed by atoms with Crippen LogP contribution >= 0.6 is 0 Å². The second kappa shape index (κ2) is 6.28. The SMILES string of the molecule is CC[N+](CC)(CC)CC.[Li+]. The van der Waals surface area contributed by atoms with Crippen molar-refractivity contribution in [1.82, 2.24) is 0 Å². The van der Waals surface area contributed by atoms with Crippen molar-refractivity contribution in [3.8, 4) is 0 Å². The molecular weight excluding hydrogens is 117 g/mol. The van der Waals surface area contributed by atoms with Crippen LogP contribution in [-0.4, -0.2) is 30.7 Å². The van der Waals surface area contributed by atoms with Crippen LogP contribution in [0.4, 0.5) is 0 Å². The van der Waals surface area contributed by atoms with E-state index in [1.165, 1.54) is 30.7 Å². The standard InChI is InChI=1S/C8H20N.Li/c1-5-9(6-2,7-3)8-4;/h5-8H2,1-4H3;/q2*+1. The van der Waals surface area contributed by atoms with Gasteiger partial charge < -0.3 is 4.48 Å². The molecule has 1 nitrogen and oxygen atoms in total. The van der Waals surface area contributed by atoms with Gasteiger partial charge in [0.25, 0.3) is 0 Å². The summed E-state index contributed by atoms with van der Waals surface area (Å²) in [6.07, 6.45) is 0. The van der Waals surface area contributed by atoms with Crippen molar-refractivity contribution < 1.29 is 23.3 Å². The van der Waals surface area contributed by atoms with Crippen LogP contribution in [0.3, 0.4) is 0 Å². The summed E-state index contributed by atoms with van der Waals surface area (Å²) in [6, 6.07) is 0.